The fraction of sp³-hybridized carbons (Fsp3) is 0.786. The normalized spacial score (nSPS) is 21.7. The van der Waals surface area contributed by atoms with E-state index in [1.165, 1.54) is 0 Å². The Kier molecular flexibility index (Phi) is 6.98. The van der Waals surface area contributed by atoms with Gasteiger partial charge in [-0.25, -0.2) is 4.79 Å². The monoisotopic (exact) mass is 301 g/mol. The zero-order valence-electron chi connectivity index (χ0n) is 12.5. The molecule has 1 amide bonds. The molecule has 7 nitrogen and oxygen atoms in total. The Balaban J connectivity index is 2.11. The summed E-state index contributed by atoms with van der Waals surface area (Å²) in [5.74, 6) is -1.42. The second-order valence-corrected chi connectivity index (χ2v) is 5.60. The number of hydrogen-bond acceptors (Lipinski definition) is 5. The van der Waals surface area contributed by atoms with Gasteiger partial charge >= 0.3 is 18.0 Å². The highest BCUT2D eigenvalue weighted by atomic mass is 16.7. The molecule has 21 heavy (non-hydrogen) atoms. The molecule has 0 aromatic carbocycles. The van der Waals surface area contributed by atoms with Crippen LogP contribution in [0.1, 0.15) is 39.5 Å². The molecule has 0 spiro atoms. The van der Waals surface area contributed by atoms with Crippen LogP contribution in [0.4, 0.5) is 4.79 Å². The van der Waals surface area contributed by atoms with Gasteiger partial charge in [0, 0.05) is 6.54 Å². The Bertz CT molecular complexity index is 374. The molecule has 0 saturated heterocycles. The molecule has 0 bridgehead atoms. The minimum absolute atomic E-state index is 0.261. The number of hydrogen-bond donors (Lipinski definition) is 2. The lowest BCUT2D eigenvalue weighted by atomic mass is 9.82. The van der Waals surface area contributed by atoms with Crippen LogP contribution < -0.4 is 5.32 Å². The van der Waals surface area contributed by atoms with E-state index >= 15 is 0 Å². The second kappa shape index (κ2) is 8.49. The molecule has 1 aliphatic rings. The van der Waals surface area contributed by atoms with Crippen LogP contribution in [0.3, 0.4) is 0 Å². The van der Waals surface area contributed by atoms with Crippen LogP contribution in [-0.4, -0.2) is 36.5 Å². The molecule has 1 fully saturated rings. The van der Waals surface area contributed by atoms with Crippen molar-refractivity contribution in [3.8, 4) is 0 Å². The second-order valence-electron chi connectivity index (χ2n) is 5.60. The summed E-state index contributed by atoms with van der Waals surface area (Å²) in [5, 5.41) is 11.5. The van der Waals surface area contributed by atoms with E-state index in [1.54, 1.807) is 13.8 Å². The average molecular weight is 301 g/mol. The van der Waals surface area contributed by atoms with Crippen molar-refractivity contribution in [3.63, 3.8) is 0 Å². The van der Waals surface area contributed by atoms with Crippen molar-refractivity contribution in [2.75, 3.05) is 13.3 Å². The summed E-state index contributed by atoms with van der Waals surface area (Å²) in [5.41, 5.74) is 0. The molecule has 1 aliphatic carbocycles. The Hall–Kier alpha value is -1.79. The van der Waals surface area contributed by atoms with Crippen molar-refractivity contribution in [2.24, 2.45) is 17.8 Å². The topological polar surface area (TPSA) is 102 Å². The van der Waals surface area contributed by atoms with Gasteiger partial charge in [-0.15, -0.1) is 0 Å². The minimum Gasteiger partial charge on any atom is -0.481 e. The molecule has 7 heteroatoms. The number of amides is 1. The third-order valence-corrected chi connectivity index (χ3v) is 3.59. The lowest BCUT2D eigenvalue weighted by molar-refractivity contribution is -0.155. The van der Waals surface area contributed by atoms with E-state index in [0.29, 0.717) is 19.4 Å². The Morgan fingerprint density at radius 2 is 1.76 bits per heavy atom. The van der Waals surface area contributed by atoms with Crippen molar-refractivity contribution in [1.82, 2.24) is 5.32 Å². The molecule has 0 atom stereocenters. The quantitative estimate of drug-likeness (QED) is 0.572. The zero-order chi connectivity index (χ0) is 15.8. The average Bonchev–Trinajstić information content (AvgIpc) is 2.45. The number of aliphatic carboxylic acids is 1. The molecule has 0 heterocycles. The van der Waals surface area contributed by atoms with Crippen LogP contribution in [0.15, 0.2) is 0 Å². The molecule has 0 radical (unpaired) electrons. The molecule has 0 aromatic rings. The number of carboxylic acids is 1. The first-order chi connectivity index (χ1) is 9.90. The van der Waals surface area contributed by atoms with Crippen molar-refractivity contribution in [2.45, 2.75) is 39.5 Å². The van der Waals surface area contributed by atoms with Gasteiger partial charge in [-0.1, -0.05) is 13.8 Å². The van der Waals surface area contributed by atoms with E-state index in [0.717, 1.165) is 12.8 Å². The van der Waals surface area contributed by atoms with Crippen LogP contribution in [0, 0.1) is 17.8 Å². The first kappa shape index (κ1) is 17.3. The fourth-order valence-corrected chi connectivity index (χ4v) is 2.20. The number of carbonyl (C=O) groups is 3. The summed E-state index contributed by atoms with van der Waals surface area (Å²) in [7, 11) is 0. The molecule has 0 aromatic heterocycles. The summed E-state index contributed by atoms with van der Waals surface area (Å²) in [4.78, 5) is 33.3. The number of esters is 1. The highest BCUT2D eigenvalue weighted by Gasteiger charge is 2.26. The summed E-state index contributed by atoms with van der Waals surface area (Å²) < 4.78 is 9.45. The third-order valence-electron chi connectivity index (χ3n) is 3.59. The fourth-order valence-electron chi connectivity index (χ4n) is 2.20. The highest BCUT2D eigenvalue weighted by molar-refractivity contribution is 5.72. The predicted octanol–water partition coefficient (Wildman–Crippen LogP) is 1.76. The van der Waals surface area contributed by atoms with Gasteiger partial charge in [0.15, 0.2) is 0 Å². The predicted molar refractivity (Wildman–Crippen MR) is 73.4 cm³/mol. The maximum atomic E-state index is 11.4. The summed E-state index contributed by atoms with van der Waals surface area (Å²) in [6, 6.07) is 0. The maximum Gasteiger partial charge on any atom is 0.410 e. The number of ether oxygens (including phenoxy) is 2. The number of rotatable bonds is 6. The molecule has 2 N–H and O–H groups in total. The minimum atomic E-state index is -0.743. The SMILES string of the molecule is CC(C)C(=O)OCOC(=O)NCC1CCC(C(=O)O)CC1. The first-order valence-corrected chi connectivity index (χ1v) is 7.20. The van der Waals surface area contributed by atoms with E-state index in [-0.39, 0.29) is 17.8 Å². The number of carboxylic acid groups (broad SMARTS) is 1. The van der Waals surface area contributed by atoms with Gasteiger partial charge in [-0.05, 0) is 31.6 Å². The standard InChI is InChI=1S/C14H23NO6/c1-9(2)13(18)20-8-21-14(19)15-7-10-3-5-11(6-4-10)12(16)17/h9-11H,3-8H2,1-2H3,(H,15,19)(H,16,17). The molecule has 120 valence electrons. The lowest BCUT2D eigenvalue weighted by Gasteiger charge is -2.25. The van der Waals surface area contributed by atoms with Crippen molar-refractivity contribution in [3.05, 3.63) is 0 Å². The Morgan fingerprint density at radius 3 is 2.29 bits per heavy atom. The third kappa shape index (κ3) is 6.46. The molecule has 1 rings (SSSR count). The Morgan fingerprint density at radius 1 is 1.14 bits per heavy atom. The van der Waals surface area contributed by atoms with Crippen molar-refractivity contribution < 1.29 is 29.0 Å². The van der Waals surface area contributed by atoms with Crippen molar-refractivity contribution in [1.29, 1.82) is 0 Å². The van der Waals surface area contributed by atoms with Gasteiger partial charge in [0.25, 0.3) is 0 Å². The number of nitrogens with one attached hydrogen (secondary N) is 1. The van der Waals surface area contributed by atoms with Gasteiger partial charge in [0.2, 0.25) is 6.79 Å². The van der Waals surface area contributed by atoms with E-state index < -0.39 is 24.8 Å². The van der Waals surface area contributed by atoms with E-state index in [9.17, 15) is 14.4 Å². The van der Waals surface area contributed by atoms with Gasteiger partial charge in [0.05, 0.1) is 11.8 Å². The van der Waals surface area contributed by atoms with Gasteiger partial charge in [-0.2, -0.15) is 0 Å². The largest absolute Gasteiger partial charge is 0.481 e. The van der Waals surface area contributed by atoms with Gasteiger partial charge < -0.3 is 19.9 Å². The Labute approximate surface area is 124 Å². The van der Waals surface area contributed by atoms with Gasteiger partial charge in [0.1, 0.15) is 0 Å². The number of carbonyl (C=O) groups excluding carboxylic acids is 2. The van der Waals surface area contributed by atoms with E-state index in [1.807, 2.05) is 0 Å². The number of alkyl carbamates (subject to hydrolysis) is 1. The first-order valence-electron chi connectivity index (χ1n) is 7.20. The van der Waals surface area contributed by atoms with Gasteiger partial charge in [-0.3, -0.25) is 9.59 Å². The lowest BCUT2D eigenvalue weighted by Crippen LogP contribution is -2.33. The van der Waals surface area contributed by atoms with E-state index in [2.05, 4.69) is 5.32 Å². The zero-order valence-corrected chi connectivity index (χ0v) is 12.5. The van der Waals surface area contributed by atoms with Crippen LogP contribution >= 0.6 is 0 Å². The summed E-state index contributed by atoms with van der Waals surface area (Å²) >= 11 is 0. The summed E-state index contributed by atoms with van der Waals surface area (Å²) in [6.07, 6.45) is 2.21. The molecule has 1 saturated carbocycles. The smallest absolute Gasteiger partial charge is 0.410 e. The molecule has 0 unspecified atom stereocenters. The summed E-state index contributed by atoms with van der Waals surface area (Å²) in [6.45, 7) is 3.43. The highest BCUT2D eigenvalue weighted by Crippen LogP contribution is 2.28. The van der Waals surface area contributed by atoms with Crippen LogP contribution in [-0.2, 0) is 19.1 Å². The van der Waals surface area contributed by atoms with E-state index in [4.69, 9.17) is 14.6 Å². The molecular formula is C14H23NO6. The maximum absolute atomic E-state index is 11.4. The molecule has 0 aliphatic heterocycles. The van der Waals surface area contributed by atoms with Crippen LogP contribution in [0.25, 0.3) is 0 Å². The molecular weight excluding hydrogens is 278 g/mol. The van der Waals surface area contributed by atoms with Crippen molar-refractivity contribution >= 4 is 18.0 Å². The van der Waals surface area contributed by atoms with Crippen LogP contribution in [0.2, 0.25) is 0 Å². The van der Waals surface area contributed by atoms with Crippen LogP contribution in [0.5, 0.6) is 0 Å².